The molecule has 2 aromatic carbocycles. The minimum absolute atomic E-state index is 0.165. The van der Waals surface area contributed by atoms with Crippen molar-refractivity contribution in [2.75, 3.05) is 0 Å². The Labute approximate surface area is 160 Å². The van der Waals surface area contributed by atoms with Crippen LogP contribution in [-0.4, -0.2) is 22.8 Å². The van der Waals surface area contributed by atoms with E-state index in [-0.39, 0.29) is 6.04 Å². The number of ether oxygens (including phenoxy) is 1. The maximum Gasteiger partial charge on any atom is 0.408 e. The molecule has 0 radical (unpaired) electrons. The number of amides is 1. The van der Waals surface area contributed by atoms with Crippen molar-refractivity contribution < 1.29 is 19.4 Å². The highest BCUT2D eigenvalue weighted by molar-refractivity contribution is 5.89. The van der Waals surface area contributed by atoms with Crippen LogP contribution >= 0.6 is 0 Å². The molecule has 144 valence electrons. The second-order valence-corrected chi connectivity index (χ2v) is 7.57. The van der Waals surface area contributed by atoms with Crippen LogP contribution in [0.5, 0.6) is 0 Å². The van der Waals surface area contributed by atoms with E-state index in [1.54, 1.807) is 12.1 Å². The fourth-order valence-corrected chi connectivity index (χ4v) is 2.77. The van der Waals surface area contributed by atoms with Gasteiger partial charge in [-0.25, -0.2) is 9.59 Å². The fraction of sp³-hybridized carbons (Fsp3) is 0.364. The topological polar surface area (TPSA) is 75.6 Å². The quantitative estimate of drug-likeness (QED) is 0.770. The van der Waals surface area contributed by atoms with Gasteiger partial charge in [0, 0.05) is 0 Å². The number of aromatic carboxylic acids is 1. The van der Waals surface area contributed by atoms with Crippen molar-refractivity contribution >= 4 is 12.1 Å². The van der Waals surface area contributed by atoms with Gasteiger partial charge in [0.25, 0.3) is 0 Å². The van der Waals surface area contributed by atoms with E-state index in [0.717, 1.165) is 23.1 Å². The van der Waals surface area contributed by atoms with E-state index in [1.165, 1.54) is 0 Å². The number of alkyl carbamates (subject to hydrolysis) is 1. The average Bonchev–Trinajstić information content (AvgIpc) is 2.58. The number of benzene rings is 2. The number of aryl methyl sites for hydroxylation is 2. The summed E-state index contributed by atoms with van der Waals surface area (Å²) >= 11 is 0. The molecule has 0 aliphatic carbocycles. The standard InChI is InChI=1S/C22H27NO4/c1-15(23-21(26)27-22(2,3)4)17-12-9-16(10-13-17)11-14-18-7-5-6-8-19(18)20(24)25/h5-10,12-13,15H,11,14H2,1-4H3,(H,23,26)(H,24,25)/t15-/m0/s1. The molecule has 0 unspecified atom stereocenters. The van der Waals surface area contributed by atoms with Gasteiger partial charge >= 0.3 is 12.1 Å². The van der Waals surface area contributed by atoms with Crippen LogP contribution < -0.4 is 5.32 Å². The minimum atomic E-state index is -0.900. The number of carbonyl (C=O) groups excluding carboxylic acids is 1. The molecule has 5 nitrogen and oxygen atoms in total. The summed E-state index contributed by atoms with van der Waals surface area (Å²) in [5.41, 5.74) is 2.75. The van der Waals surface area contributed by atoms with E-state index < -0.39 is 17.7 Å². The van der Waals surface area contributed by atoms with Gasteiger partial charge < -0.3 is 15.2 Å². The van der Waals surface area contributed by atoms with Crippen molar-refractivity contribution in [2.45, 2.75) is 52.2 Å². The Morgan fingerprint density at radius 1 is 1.04 bits per heavy atom. The molecule has 0 aliphatic rings. The molecule has 0 spiro atoms. The lowest BCUT2D eigenvalue weighted by Crippen LogP contribution is -2.34. The van der Waals surface area contributed by atoms with Crippen molar-refractivity contribution in [2.24, 2.45) is 0 Å². The molecule has 0 heterocycles. The molecule has 0 aliphatic heterocycles. The number of nitrogens with one attached hydrogen (secondary N) is 1. The van der Waals surface area contributed by atoms with Gasteiger partial charge in [-0.15, -0.1) is 0 Å². The molecule has 0 saturated carbocycles. The molecular formula is C22H27NO4. The molecule has 1 atom stereocenters. The first kappa shape index (κ1) is 20.5. The normalized spacial score (nSPS) is 12.3. The zero-order valence-corrected chi connectivity index (χ0v) is 16.3. The predicted octanol–water partition coefficient (Wildman–Crippen LogP) is 4.76. The number of hydrogen-bond acceptors (Lipinski definition) is 3. The third-order valence-corrected chi connectivity index (χ3v) is 4.14. The summed E-state index contributed by atoms with van der Waals surface area (Å²) in [5, 5.41) is 12.1. The monoisotopic (exact) mass is 369 g/mol. The van der Waals surface area contributed by atoms with E-state index in [0.29, 0.717) is 12.0 Å². The highest BCUT2D eigenvalue weighted by Crippen LogP contribution is 2.17. The van der Waals surface area contributed by atoms with Crippen LogP contribution in [0.4, 0.5) is 4.79 Å². The molecule has 0 saturated heterocycles. The van der Waals surface area contributed by atoms with Crippen molar-refractivity contribution in [1.29, 1.82) is 0 Å². The number of hydrogen-bond donors (Lipinski definition) is 2. The predicted molar refractivity (Wildman–Crippen MR) is 105 cm³/mol. The van der Waals surface area contributed by atoms with Crippen molar-refractivity contribution in [1.82, 2.24) is 5.32 Å². The molecule has 2 rings (SSSR count). The van der Waals surface area contributed by atoms with Gasteiger partial charge in [0.2, 0.25) is 0 Å². The Hall–Kier alpha value is -2.82. The van der Waals surface area contributed by atoms with Gasteiger partial charge in [-0.3, -0.25) is 0 Å². The third-order valence-electron chi connectivity index (χ3n) is 4.14. The average molecular weight is 369 g/mol. The largest absolute Gasteiger partial charge is 0.478 e. The number of rotatable bonds is 6. The van der Waals surface area contributed by atoms with Crippen LogP contribution in [0.3, 0.4) is 0 Å². The van der Waals surface area contributed by atoms with Crippen LogP contribution in [0, 0.1) is 0 Å². The molecular weight excluding hydrogens is 342 g/mol. The van der Waals surface area contributed by atoms with E-state index >= 15 is 0 Å². The summed E-state index contributed by atoms with van der Waals surface area (Å²) in [7, 11) is 0. The minimum Gasteiger partial charge on any atom is -0.478 e. The summed E-state index contributed by atoms with van der Waals surface area (Å²) < 4.78 is 5.27. The van der Waals surface area contributed by atoms with E-state index in [1.807, 2.05) is 64.1 Å². The smallest absolute Gasteiger partial charge is 0.408 e. The molecule has 2 N–H and O–H groups in total. The van der Waals surface area contributed by atoms with Crippen LogP contribution in [0.25, 0.3) is 0 Å². The first-order chi connectivity index (χ1) is 12.7. The van der Waals surface area contributed by atoms with Gasteiger partial charge in [-0.1, -0.05) is 42.5 Å². The number of carboxylic acids is 1. The summed E-state index contributed by atoms with van der Waals surface area (Å²) in [6.07, 6.45) is 0.968. The Morgan fingerprint density at radius 3 is 2.26 bits per heavy atom. The van der Waals surface area contributed by atoms with E-state index in [4.69, 9.17) is 4.74 Å². The van der Waals surface area contributed by atoms with Gasteiger partial charge in [-0.2, -0.15) is 0 Å². The van der Waals surface area contributed by atoms with Gasteiger partial charge in [0.15, 0.2) is 0 Å². The zero-order valence-electron chi connectivity index (χ0n) is 16.3. The molecule has 27 heavy (non-hydrogen) atoms. The summed E-state index contributed by atoms with van der Waals surface area (Å²) in [4.78, 5) is 23.2. The van der Waals surface area contributed by atoms with Crippen LogP contribution in [0.15, 0.2) is 48.5 Å². The Bertz CT molecular complexity index is 791. The maximum absolute atomic E-state index is 11.9. The summed E-state index contributed by atoms with van der Waals surface area (Å²) in [6, 6.07) is 14.9. The molecule has 2 aromatic rings. The van der Waals surface area contributed by atoms with Crippen LogP contribution in [-0.2, 0) is 17.6 Å². The first-order valence-corrected chi connectivity index (χ1v) is 9.05. The summed E-state index contributed by atoms with van der Waals surface area (Å²) in [5.74, 6) is -0.900. The highest BCUT2D eigenvalue weighted by Gasteiger charge is 2.18. The SMILES string of the molecule is C[C@H](NC(=O)OC(C)(C)C)c1ccc(CCc2ccccc2C(=O)O)cc1. The second kappa shape index (κ2) is 8.71. The fourth-order valence-electron chi connectivity index (χ4n) is 2.77. The summed E-state index contributed by atoms with van der Waals surface area (Å²) in [6.45, 7) is 7.39. The van der Waals surface area contributed by atoms with Gasteiger partial charge in [-0.05, 0) is 63.3 Å². The van der Waals surface area contributed by atoms with Gasteiger partial charge in [0.05, 0.1) is 11.6 Å². The lowest BCUT2D eigenvalue weighted by Gasteiger charge is -2.22. The third kappa shape index (κ3) is 6.44. The van der Waals surface area contributed by atoms with Crippen molar-refractivity contribution in [3.05, 3.63) is 70.8 Å². The lowest BCUT2D eigenvalue weighted by molar-refractivity contribution is 0.0507. The zero-order chi connectivity index (χ0) is 20.0. The van der Waals surface area contributed by atoms with Crippen LogP contribution in [0.2, 0.25) is 0 Å². The van der Waals surface area contributed by atoms with Crippen molar-refractivity contribution in [3.63, 3.8) is 0 Å². The maximum atomic E-state index is 11.9. The molecule has 5 heteroatoms. The molecule has 1 amide bonds. The highest BCUT2D eigenvalue weighted by atomic mass is 16.6. The number of carbonyl (C=O) groups is 2. The molecule has 0 fully saturated rings. The lowest BCUT2D eigenvalue weighted by atomic mass is 9.98. The van der Waals surface area contributed by atoms with Gasteiger partial charge in [0.1, 0.15) is 5.60 Å². The molecule has 0 bridgehead atoms. The molecule has 0 aromatic heterocycles. The van der Waals surface area contributed by atoms with E-state index in [2.05, 4.69) is 5.32 Å². The second-order valence-electron chi connectivity index (χ2n) is 7.57. The van der Waals surface area contributed by atoms with Crippen molar-refractivity contribution in [3.8, 4) is 0 Å². The first-order valence-electron chi connectivity index (χ1n) is 9.05. The Balaban J connectivity index is 1.95. The Kier molecular flexibility index (Phi) is 6.61. The Morgan fingerprint density at radius 2 is 1.67 bits per heavy atom. The number of carboxylic acid groups (broad SMARTS) is 1. The van der Waals surface area contributed by atoms with E-state index in [9.17, 15) is 14.7 Å². The van der Waals surface area contributed by atoms with Crippen LogP contribution in [0.1, 0.15) is 60.8 Å².